The van der Waals surface area contributed by atoms with E-state index in [1.807, 2.05) is 12.1 Å². The summed E-state index contributed by atoms with van der Waals surface area (Å²) in [6.07, 6.45) is 0.836. The Balaban J connectivity index is 2.74. The highest BCUT2D eigenvalue weighted by Gasteiger charge is 2.12. The lowest BCUT2D eigenvalue weighted by atomic mass is 10.00. The van der Waals surface area contributed by atoms with Crippen molar-refractivity contribution in [3.63, 3.8) is 0 Å². The molecule has 5 nitrogen and oxygen atoms in total. The Bertz CT molecular complexity index is 404. The molecule has 0 bridgehead atoms. The zero-order valence-electron chi connectivity index (χ0n) is 8.81. The van der Waals surface area contributed by atoms with Gasteiger partial charge in [0.15, 0.2) is 0 Å². The highest BCUT2D eigenvalue weighted by Crippen LogP contribution is 2.11. The largest absolute Gasteiger partial charge is 0.480 e. The van der Waals surface area contributed by atoms with Gasteiger partial charge in [0.2, 0.25) is 0 Å². The molecule has 1 unspecified atom stereocenters. The summed E-state index contributed by atoms with van der Waals surface area (Å²) in [5.74, 6) is -1.03. The minimum Gasteiger partial charge on any atom is -0.480 e. The first-order chi connectivity index (χ1) is 7.52. The lowest BCUT2D eigenvalue weighted by Crippen LogP contribution is -2.30. The average molecular weight is 221 g/mol. The number of aliphatic carboxylic acids is 1. The van der Waals surface area contributed by atoms with E-state index in [1.165, 1.54) is 0 Å². The van der Waals surface area contributed by atoms with Crippen LogP contribution in [0.15, 0.2) is 24.3 Å². The van der Waals surface area contributed by atoms with Crippen molar-refractivity contribution in [3.8, 4) is 0 Å². The maximum absolute atomic E-state index is 10.5. The second-order valence-corrected chi connectivity index (χ2v) is 3.55. The average Bonchev–Trinajstić information content (AvgIpc) is 2.25. The van der Waals surface area contributed by atoms with Crippen LogP contribution in [-0.4, -0.2) is 23.0 Å². The van der Waals surface area contributed by atoms with Crippen LogP contribution in [0.3, 0.4) is 0 Å². The van der Waals surface area contributed by atoms with Gasteiger partial charge >= 0.3 is 5.97 Å². The molecule has 0 amide bonds. The number of carboxylic acids is 1. The SMILES string of the molecule is N=C(N)c1ccccc1CCC(N)C(=O)O. The van der Waals surface area contributed by atoms with Crippen molar-refractivity contribution in [2.75, 3.05) is 0 Å². The van der Waals surface area contributed by atoms with Crippen molar-refractivity contribution in [1.29, 1.82) is 5.41 Å². The van der Waals surface area contributed by atoms with E-state index >= 15 is 0 Å². The molecule has 16 heavy (non-hydrogen) atoms. The summed E-state index contributed by atoms with van der Waals surface area (Å²) in [6, 6.07) is 6.31. The van der Waals surface area contributed by atoms with Gasteiger partial charge in [-0.25, -0.2) is 0 Å². The summed E-state index contributed by atoms with van der Waals surface area (Å²) < 4.78 is 0. The fourth-order valence-electron chi connectivity index (χ4n) is 1.44. The molecule has 1 rings (SSSR count). The van der Waals surface area contributed by atoms with Gasteiger partial charge in [0.05, 0.1) is 0 Å². The number of aryl methyl sites for hydroxylation is 1. The number of benzene rings is 1. The van der Waals surface area contributed by atoms with Crippen LogP contribution in [0.4, 0.5) is 0 Å². The summed E-state index contributed by atoms with van der Waals surface area (Å²) in [7, 11) is 0. The zero-order valence-corrected chi connectivity index (χ0v) is 8.81. The molecule has 0 spiro atoms. The van der Waals surface area contributed by atoms with Crippen LogP contribution >= 0.6 is 0 Å². The number of amidine groups is 1. The molecule has 0 saturated heterocycles. The van der Waals surface area contributed by atoms with Crippen molar-refractivity contribution in [3.05, 3.63) is 35.4 Å². The first kappa shape index (κ1) is 12.2. The molecule has 6 N–H and O–H groups in total. The molecule has 0 saturated carbocycles. The number of nitrogens with one attached hydrogen (secondary N) is 1. The third-order valence-electron chi connectivity index (χ3n) is 2.35. The van der Waals surface area contributed by atoms with Gasteiger partial charge in [0.25, 0.3) is 0 Å². The minimum absolute atomic E-state index is 0.0144. The number of carbonyl (C=O) groups is 1. The van der Waals surface area contributed by atoms with Gasteiger partial charge in [-0.15, -0.1) is 0 Å². The molecule has 0 aliphatic rings. The van der Waals surface area contributed by atoms with Crippen molar-refractivity contribution in [1.82, 2.24) is 0 Å². The van der Waals surface area contributed by atoms with Gasteiger partial charge in [-0.05, 0) is 18.4 Å². The first-order valence-corrected chi connectivity index (χ1v) is 4.93. The van der Waals surface area contributed by atoms with E-state index < -0.39 is 12.0 Å². The Labute approximate surface area is 93.6 Å². The second kappa shape index (κ2) is 5.27. The van der Waals surface area contributed by atoms with Gasteiger partial charge in [0, 0.05) is 5.56 Å². The maximum Gasteiger partial charge on any atom is 0.320 e. The molecule has 86 valence electrons. The van der Waals surface area contributed by atoms with Crippen molar-refractivity contribution in [2.24, 2.45) is 11.5 Å². The summed E-state index contributed by atoms with van der Waals surface area (Å²) in [4.78, 5) is 10.5. The summed E-state index contributed by atoms with van der Waals surface area (Å²) in [6.45, 7) is 0. The quantitative estimate of drug-likeness (QED) is 0.423. The van der Waals surface area contributed by atoms with Crippen LogP contribution in [0.5, 0.6) is 0 Å². The smallest absolute Gasteiger partial charge is 0.320 e. The van der Waals surface area contributed by atoms with Gasteiger partial charge < -0.3 is 16.6 Å². The topological polar surface area (TPSA) is 113 Å². The predicted octanol–water partition coefficient (Wildman–Crippen LogP) is 0.315. The molecule has 0 aliphatic heterocycles. The molecule has 1 atom stereocenters. The number of carboxylic acid groups (broad SMARTS) is 1. The van der Waals surface area contributed by atoms with Gasteiger partial charge in [-0.1, -0.05) is 24.3 Å². The van der Waals surface area contributed by atoms with E-state index in [2.05, 4.69) is 0 Å². The van der Waals surface area contributed by atoms with Crippen LogP contribution in [0.1, 0.15) is 17.5 Å². The summed E-state index contributed by atoms with van der Waals surface area (Å²) in [5, 5.41) is 16.0. The molecule has 0 aliphatic carbocycles. The summed E-state index contributed by atoms with van der Waals surface area (Å²) >= 11 is 0. The normalized spacial score (nSPS) is 12.1. The molecular formula is C11H15N3O2. The Morgan fingerprint density at radius 1 is 1.44 bits per heavy atom. The highest BCUT2D eigenvalue weighted by atomic mass is 16.4. The van der Waals surface area contributed by atoms with E-state index in [9.17, 15) is 4.79 Å². The zero-order chi connectivity index (χ0) is 12.1. The number of nitrogens with two attached hydrogens (primary N) is 2. The van der Waals surface area contributed by atoms with E-state index in [-0.39, 0.29) is 5.84 Å². The van der Waals surface area contributed by atoms with Gasteiger partial charge in [0.1, 0.15) is 11.9 Å². The van der Waals surface area contributed by atoms with Gasteiger partial charge in [-0.2, -0.15) is 0 Å². The van der Waals surface area contributed by atoms with Crippen LogP contribution in [-0.2, 0) is 11.2 Å². The monoisotopic (exact) mass is 221 g/mol. The molecule has 1 aromatic carbocycles. The Kier molecular flexibility index (Phi) is 4.02. The lowest BCUT2D eigenvalue weighted by Gasteiger charge is -2.09. The third-order valence-corrected chi connectivity index (χ3v) is 2.35. The molecule has 0 radical (unpaired) electrons. The number of nitrogen functional groups attached to an aromatic ring is 1. The minimum atomic E-state index is -1.01. The number of rotatable bonds is 5. The molecule has 0 heterocycles. The van der Waals surface area contributed by atoms with Crippen LogP contribution in [0.2, 0.25) is 0 Å². The van der Waals surface area contributed by atoms with Crippen LogP contribution in [0.25, 0.3) is 0 Å². The maximum atomic E-state index is 10.5. The van der Waals surface area contributed by atoms with E-state index in [0.717, 1.165) is 5.56 Å². The van der Waals surface area contributed by atoms with Crippen molar-refractivity contribution < 1.29 is 9.90 Å². The van der Waals surface area contributed by atoms with E-state index in [1.54, 1.807) is 12.1 Å². The number of hydrogen-bond acceptors (Lipinski definition) is 3. The van der Waals surface area contributed by atoms with Crippen LogP contribution in [0, 0.1) is 5.41 Å². The van der Waals surface area contributed by atoms with Gasteiger partial charge in [-0.3, -0.25) is 10.2 Å². The molecule has 1 aromatic rings. The molecule has 0 aromatic heterocycles. The Morgan fingerprint density at radius 3 is 2.62 bits per heavy atom. The molecule has 5 heteroatoms. The third kappa shape index (κ3) is 3.06. The molecule has 0 fully saturated rings. The summed E-state index contributed by atoms with van der Waals surface area (Å²) in [5.41, 5.74) is 12.3. The van der Waals surface area contributed by atoms with E-state index in [4.69, 9.17) is 22.0 Å². The standard InChI is InChI=1S/C11H15N3O2/c12-9(11(15)16)6-5-7-3-1-2-4-8(7)10(13)14/h1-4,9H,5-6,12H2,(H3,13,14)(H,15,16). The lowest BCUT2D eigenvalue weighted by molar-refractivity contribution is -0.138. The van der Waals surface area contributed by atoms with E-state index in [0.29, 0.717) is 18.4 Å². The molecular weight excluding hydrogens is 206 g/mol. The predicted molar refractivity (Wildman–Crippen MR) is 61.4 cm³/mol. The fraction of sp³-hybridized carbons (Fsp3) is 0.273. The number of hydrogen-bond donors (Lipinski definition) is 4. The fourth-order valence-corrected chi connectivity index (χ4v) is 1.44. The second-order valence-electron chi connectivity index (χ2n) is 3.55. The van der Waals surface area contributed by atoms with Crippen molar-refractivity contribution >= 4 is 11.8 Å². The highest BCUT2D eigenvalue weighted by molar-refractivity contribution is 5.96. The Morgan fingerprint density at radius 2 is 2.06 bits per heavy atom. The van der Waals surface area contributed by atoms with Crippen molar-refractivity contribution in [2.45, 2.75) is 18.9 Å². The van der Waals surface area contributed by atoms with Crippen LogP contribution < -0.4 is 11.5 Å². The Hall–Kier alpha value is -1.88. The first-order valence-electron chi connectivity index (χ1n) is 4.93.